The molecule has 3 aromatic rings. The summed E-state index contributed by atoms with van der Waals surface area (Å²) in [5.74, 6) is -2.63. The van der Waals surface area contributed by atoms with Gasteiger partial charge in [-0.25, -0.2) is 4.68 Å². The van der Waals surface area contributed by atoms with Crippen LogP contribution in [0.3, 0.4) is 0 Å². The third-order valence-corrected chi connectivity index (χ3v) is 4.97. The molecule has 0 unspecified atom stereocenters. The number of carbonyl (C=O) groups excluding carboxylic acids is 2. The summed E-state index contributed by atoms with van der Waals surface area (Å²) in [6.45, 7) is 0. The Bertz CT molecular complexity index is 1200. The summed E-state index contributed by atoms with van der Waals surface area (Å²) in [4.78, 5) is 25.2. The third-order valence-electron chi connectivity index (χ3n) is 3.84. The van der Waals surface area contributed by atoms with E-state index in [1.807, 2.05) is 0 Å². The number of rotatable bonds is 5. The molecule has 0 radical (unpaired) electrons. The van der Waals surface area contributed by atoms with Crippen LogP contribution in [0.5, 0.6) is 5.75 Å². The molecule has 0 bridgehead atoms. The molecule has 1 heterocycles. The summed E-state index contributed by atoms with van der Waals surface area (Å²) in [5.41, 5.74) is -0.911. The minimum Gasteiger partial charge on any atom is -0.404 e. The van der Waals surface area contributed by atoms with Gasteiger partial charge in [0, 0.05) is 12.6 Å². The molecule has 2 aromatic carbocycles. The Labute approximate surface area is 192 Å². The van der Waals surface area contributed by atoms with Crippen LogP contribution in [-0.2, 0) is 7.05 Å². The Morgan fingerprint density at radius 3 is 2.34 bits per heavy atom. The molecule has 9 nitrogen and oxygen atoms in total. The minimum absolute atomic E-state index is 0.0339. The number of nitrogens with one attached hydrogen (secondary N) is 2. The molecule has 32 heavy (non-hydrogen) atoms. The van der Waals surface area contributed by atoms with Gasteiger partial charge >= 0.3 is 6.36 Å². The molecule has 0 saturated heterocycles. The molecule has 0 saturated carbocycles. The molecule has 2 N–H and O–H groups in total. The Morgan fingerprint density at radius 1 is 1.03 bits per heavy atom. The van der Waals surface area contributed by atoms with Crippen molar-refractivity contribution in [3.05, 3.63) is 56.5 Å². The number of hydrogen-bond acceptors (Lipinski definition) is 6. The van der Waals surface area contributed by atoms with Crippen molar-refractivity contribution < 1.29 is 27.5 Å². The van der Waals surface area contributed by atoms with Gasteiger partial charge in [0.1, 0.15) is 5.69 Å². The topological polar surface area (TPSA) is 111 Å². The fourth-order valence-electron chi connectivity index (χ4n) is 2.39. The summed E-state index contributed by atoms with van der Waals surface area (Å²) < 4.78 is 43.6. The number of anilines is 2. The molecule has 0 spiro atoms. The summed E-state index contributed by atoms with van der Waals surface area (Å²) in [7, 11) is 1.44. The second-order valence-electron chi connectivity index (χ2n) is 6.01. The quantitative estimate of drug-likeness (QED) is 0.521. The van der Waals surface area contributed by atoms with Crippen molar-refractivity contribution in [2.75, 3.05) is 10.6 Å². The highest BCUT2D eigenvalue weighted by Gasteiger charge is 2.34. The standard InChI is InChI=1S/C17H10Cl3F3N6O3/c1-29-16(26-27-28-29)25-15(31)8-3-5-11(32-17(21,22)23)13(12(8)20)24-14(30)7-2-4-9(18)10(19)6-7/h2-6H,1H3,(H,24,30)(H,25,26,28,31). The van der Waals surface area contributed by atoms with Crippen LogP contribution in [0.2, 0.25) is 15.1 Å². The smallest absolute Gasteiger partial charge is 0.404 e. The average Bonchev–Trinajstić information content (AvgIpc) is 3.10. The molecule has 0 aliphatic heterocycles. The van der Waals surface area contributed by atoms with Gasteiger partial charge in [-0.1, -0.05) is 39.9 Å². The van der Waals surface area contributed by atoms with Crippen molar-refractivity contribution in [2.45, 2.75) is 6.36 Å². The van der Waals surface area contributed by atoms with Crippen molar-refractivity contribution in [1.82, 2.24) is 20.2 Å². The molecule has 168 valence electrons. The maximum Gasteiger partial charge on any atom is 0.573 e. The number of aromatic nitrogens is 4. The number of alkyl halides is 3. The van der Waals surface area contributed by atoms with E-state index in [2.05, 4.69) is 30.9 Å². The van der Waals surface area contributed by atoms with Crippen molar-refractivity contribution in [3.63, 3.8) is 0 Å². The zero-order valence-electron chi connectivity index (χ0n) is 15.7. The first-order valence-electron chi connectivity index (χ1n) is 8.34. The van der Waals surface area contributed by atoms with Crippen molar-refractivity contribution in [3.8, 4) is 5.75 Å². The van der Waals surface area contributed by atoms with Crippen LogP contribution in [0.4, 0.5) is 24.8 Å². The Morgan fingerprint density at radius 2 is 1.75 bits per heavy atom. The van der Waals surface area contributed by atoms with E-state index in [1.165, 1.54) is 25.2 Å². The second-order valence-corrected chi connectivity index (χ2v) is 7.20. The number of tetrazole rings is 1. The van der Waals surface area contributed by atoms with Gasteiger partial charge in [-0.05, 0) is 40.8 Å². The van der Waals surface area contributed by atoms with Crippen LogP contribution >= 0.6 is 34.8 Å². The van der Waals surface area contributed by atoms with Gasteiger partial charge in [0.2, 0.25) is 5.95 Å². The zero-order chi connectivity index (χ0) is 23.6. The molecule has 15 heteroatoms. The van der Waals surface area contributed by atoms with Crippen LogP contribution in [0, 0.1) is 0 Å². The van der Waals surface area contributed by atoms with E-state index < -0.39 is 34.6 Å². The average molecular weight is 510 g/mol. The highest BCUT2D eigenvalue weighted by atomic mass is 35.5. The third kappa shape index (κ3) is 5.39. The summed E-state index contributed by atoms with van der Waals surface area (Å²) in [6.07, 6.45) is -5.10. The fourth-order valence-corrected chi connectivity index (χ4v) is 2.97. The number of hydrogen-bond donors (Lipinski definition) is 2. The predicted octanol–water partition coefficient (Wildman–Crippen LogP) is 4.57. The summed E-state index contributed by atoms with van der Waals surface area (Å²) in [6, 6.07) is 5.63. The Balaban J connectivity index is 1.99. The summed E-state index contributed by atoms with van der Waals surface area (Å²) >= 11 is 17.9. The lowest BCUT2D eigenvalue weighted by Gasteiger charge is -2.17. The minimum atomic E-state index is -5.10. The number of amides is 2. The molecular formula is C17H10Cl3F3N6O3. The highest BCUT2D eigenvalue weighted by Crippen LogP contribution is 2.39. The van der Waals surface area contributed by atoms with Gasteiger partial charge in [-0.3, -0.25) is 14.9 Å². The van der Waals surface area contributed by atoms with Gasteiger partial charge in [-0.15, -0.1) is 13.2 Å². The van der Waals surface area contributed by atoms with E-state index >= 15 is 0 Å². The van der Waals surface area contributed by atoms with Crippen LogP contribution in [0.1, 0.15) is 20.7 Å². The van der Waals surface area contributed by atoms with E-state index in [4.69, 9.17) is 34.8 Å². The lowest BCUT2D eigenvalue weighted by atomic mass is 10.1. The van der Waals surface area contributed by atoms with E-state index in [0.717, 1.165) is 16.8 Å². The van der Waals surface area contributed by atoms with Gasteiger partial charge in [0.15, 0.2) is 5.75 Å². The van der Waals surface area contributed by atoms with E-state index in [0.29, 0.717) is 0 Å². The predicted molar refractivity (Wildman–Crippen MR) is 109 cm³/mol. The maximum absolute atomic E-state index is 12.9. The fraction of sp³-hybridized carbons (Fsp3) is 0.118. The number of nitrogens with zero attached hydrogens (tertiary/aromatic N) is 4. The van der Waals surface area contributed by atoms with Crippen molar-refractivity contribution in [1.29, 1.82) is 0 Å². The second kappa shape index (κ2) is 9.18. The van der Waals surface area contributed by atoms with Gasteiger partial charge < -0.3 is 10.1 Å². The number of benzene rings is 2. The van der Waals surface area contributed by atoms with Crippen molar-refractivity contribution in [2.24, 2.45) is 7.05 Å². The molecule has 0 atom stereocenters. The molecule has 1 aromatic heterocycles. The normalized spacial score (nSPS) is 11.2. The number of ether oxygens (including phenoxy) is 1. The highest BCUT2D eigenvalue weighted by molar-refractivity contribution is 6.42. The van der Waals surface area contributed by atoms with Crippen LogP contribution in [-0.4, -0.2) is 38.4 Å². The number of halogens is 6. The lowest BCUT2D eigenvalue weighted by molar-refractivity contribution is -0.274. The Kier molecular flexibility index (Phi) is 6.77. The molecule has 0 fully saturated rings. The number of aryl methyl sites for hydroxylation is 1. The first-order chi connectivity index (χ1) is 15.0. The number of carbonyl (C=O) groups is 2. The largest absolute Gasteiger partial charge is 0.573 e. The van der Waals surface area contributed by atoms with Crippen LogP contribution < -0.4 is 15.4 Å². The van der Waals surface area contributed by atoms with E-state index in [1.54, 1.807) is 0 Å². The zero-order valence-corrected chi connectivity index (χ0v) is 17.9. The molecule has 0 aliphatic carbocycles. The molecule has 3 rings (SSSR count). The Hall–Kier alpha value is -3.09. The van der Waals surface area contributed by atoms with Gasteiger partial charge in [0.05, 0.1) is 20.6 Å². The van der Waals surface area contributed by atoms with Gasteiger partial charge in [-0.2, -0.15) is 0 Å². The summed E-state index contributed by atoms with van der Waals surface area (Å²) in [5, 5.41) is 14.7. The molecule has 2 amide bonds. The van der Waals surface area contributed by atoms with Crippen LogP contribution in [0.15, 0.2) is 30.3 Å². The van der Waals surface area contributed by atoms with E-state index in [-0.39, 0.29) is 27.1 Å². The first kappa shape index (κ1) is 23.6. The molecule has 0 aliphatic rings. The molecular weight excluding hydrogens is 500 g/mol. The lowest BCUT2D eigenvalue weighted by Crippen LogP contribution is -2.21. The van der Waals surface area contributed by atoms with Crippen LogP contribution in [0.25, 0.3) is 0 Å². The monoisotopic (exact) mass is 508 g/mol. The SMILES string of the molecule is Cn1nnnc1NC(=O)c1ccc(OC(F)(F)F)c(NC(=O)c2ccc(Cl)c(Cl)c2)c1Cl. The maximum atomic E-state index is 12.9. The van der Waals surface area contributed by atoms with Crippen molar-refractivity contribution >= 4 is 58.3 Å². The van der Waals surface area contributed by atoms with Gasteiger partial charge in [0.25, 0.3) is 11.8 Å². The first-order valence-corrected chi connectivity index (χ1v) is 9.48. The van der Waals surface area contributed by atoms with E-state index in [9.17, 15) is 22.8 Å².